The molecule has 0 saturated heterocycles. The quantitative estimate of drug-likeness (QED) is 0.340. The standard InChI is InChI=1S/C27H23FN2O4S/c28-21-11-17-25(18-12-21)35(32,33)30-26(19-20-7-3-1-4-8-20)27(31)29-22-13-15-24(16-14-22)34-23-9-5-2-6-10-23/h1-18,26,30H,19H2,(H,29,31)/t26-/m1/s1. The molecule has 178 valence electrons. The summed E-state index contributed by atoms with van der Waals surface area (Å²) in [6.45, 7) is 0. The zero-order chi connectivity index (χ0) is 24.7. The molecule has 0 aromatic heterocycles. The van der Waals surface area contributed by atoms with Crippen LogP contribution in [0.2, 0.25) is 0 Å². The molecule has 0 heterocycles. The van der Waals surface area contributed by atoms with E-state index in [-0.39, 0.29) is 11.3 Å². The van der Waals surface area contributed by atoms with Gasteiger partial charge >= 0.3 is 0 Å². The van der Waals surface area contributed by atoms with Crippen LogP contribution in [0.5, 0.6) is 11.5 Å². The number of rotatable bonds is 9. The van der Waals surface area contributed by atoms with Crippen molar-refractivity contribution in [1.29, 1.82) is 0 Å². The average Bonchev–Trinajstić information content (AvgIpc) is 2.86. The monoisotopic (exact) mass is 490 g/mol. The number of para-hydroxylation sites is 1. The van der Waals surface area contributed by atoms with Crippen molar-refractivity contribution in [3.8, 4) is 11.5 Å². The Hall–Kier alpha value is -4.01. The molecule has 0 bridgehead atoms. The normalized spacial score (nSPS) is 12.0. The first-order valence-corrected chi connectivity index (χ1v) is 12.3. The Kier molecular flexibility index (Phi) is 7.54. The number of sulfonamides is 1. The molecule has 0 saturated carbocycles. The number of hydrogen-bond donors (Lipinski definition) is 2. The largest absolute Gasteiger partial charge is 0.457 e. The van der Waals surface area contributed by atoms with E-state index >= 15 is 0 Å². The zero-order valence-corrected chi connectivity index (χ0v) is 19.4. The van der Waals surface area contributed by atoms with E-state index in [0.717, 1.165) is 29.8 Å². The molecule has 0 aliphatic heterocycles. The van der Waals surface area contributed by atoms with E-state index in [1.807, 2.05) is 60.7 Å². The van der Waals surface area contributed by atoms with Gasteiger partial charge in [-0.25, -0.2) is 12.8 Å². The number of halogens is 1. The summed E-state index contributed by atoms with van der Waals surface area (Å²) < 4.78 is 47.2. The third-order valence-electron chi connectivity index (χ3n) is 5.12. The Balaban J connectivity index is 1.50. The molecule has 2 N–H and O–H groups in total. The average molecular weight is 491 g/mol. The van der Waals surface area contributed by atoms with Gasteiger partial charge in [-0.2, -0.15) is 4.72 Å². The fourth-order valence-corrected chi connectivity index (χ4v) is 4.56. The second-order valence-corrected chi connectivity index (χ2v) is 9.46. The SMILES string of the molecule is O=C(Nc1ccc(Oc2ccccc2)cc1)[C@@H](Cc1ccccc1)NS(=O)(=O)c1ccc(F)cc1. The Morgan fingerprint density at radius 2 is 1.34 bits per heavy atom. The summed E-state index contributed by atoms with van der Waals surface area (Å²) in [5.74, 6) is 0.188. The van der Waals surface area contributed by atoms with Gasteiger partial charge in [-0.1, -0.05) is 48.5 Å². The molecule has 1 atom stereocenters. The van der Waals surface area contributed by atoms with Gasteiger partial charge in [-0.05, 0) is 72.6 Å². The number of nitrogens with one attached hydrogen (secondary N) is 2. The van der Waals surface area contributed by atoms with Crippen LogP contribution in [0.15, 0.2) is 114 Å². The lowest BCUT2D eigenvalue weighted by atomic mass is 10.1. The summed E-state index contributed by atoms with van der Waals surface area (Å²) in [5, 5.41) is 2.76. The van der Waals surface area contributed by atoms with E-state index in [1.165, 1.54) is 0 Å². The lowest BCUT2D eigenvalue weighted by molar-refractivity contribution is -0.117. The van der Waals surface area contributed by atoms with Crippen LogP contribution in [0, 0.1) is 5.82 Å². The Bertz CT molecular complexity index is 1360. The van der Waals surface area contributed by atoms with Crippen LogP contribution in [-0.4, -0.2) is 20.4 Å². The van der Waals surface area contributed by atoms with Crippen LogP contribution in [0.25, 0.3) is 0 Å². The highest BCUT2D eigenvalue weighted by molar-refractivity contribution is 7.89. The molecule has 8 heteroatoms. The lowest BCUT2D eigenvalue weighted by Gasteiger charge is -2.19. The predicted octanol–water partition coefficient (Wildman–Crippen LogP) is 5.15. The minimum Gasteiger partial charge on any atom is -0.457 e. The highest BCUT2D eigenvalue weighted by Crippen LogP contribution is 2.23. The van der Waals surface area contributed by atoms with E-state index in [9.17, 15) is 17.6 Å². The van der Waals surface area contributed by atoms with Crippen LogP contribution in [0.1, 0.15) is 5.56 Å². The van der Waals surface area contributed by atoms with Crippen molar-refractivity contribution in [1.82, 2.24) is 4.72 Å². The highest BCUT2D eigenvalue weighted by Gasteiger charge is 2.26. The molecule has 0 spiro atoms. The van der Waals surface area contributed by atoms with Crippen LogP contribution < -0.4 is 14.8 Å². The first kappa shape index (κ1) is 24.1. The molecule has 0 fully saturated rings. The first-order valence-electron chi connectivity index (χ1n) is 10.8. The first-order chi connectivity index (χ1) is 16.9. The molecule has 35 heavy (non-hydrogen) atoms. The summed E-state index contributed by atoms with van der Waals surface area (Å²) in [6.07, 6.45) is 0.127. The van der Waals surface area contributed by atoms with Gasteiger partial charge in [-0.3, -0.25) is 4.79 Å². The second-order valence-electron chi connectivity index (χ2n) is 7.75. The van der Waals surface area contributed by atoms with Crippen LogP contribution in [0.3, 0.4) is 0 Å². The second kappa shape index (κ2) is 10.9. The number of hydrogen-bond acceptors (Lipinski definition) is 4. The topological polar surface area (TPSA) is 84.5 Å². The molecule has 1 amide bonds. The molecule has 0 aliphatic carbocycles. The van der Waals surface area contributed by atoms with Crippen molar-refractivity contribution in [2.24, 2.45) is 0 Å². The van der Waals surface area contributed by atoms with E-state index in [2.05, 4.69) is 10.0 Å². The fourth-order valence-electron chi connectivity index (χ4n) is 3.37. The zero-order valence-electron chi connectivity index (χ0n) is 18.6. The van der Waals surface area contributed by atoms with Crippen LogP contribution >= 0.6 is 0 Å². The minimum absolute atomic E-state index is 0.127. The fraction of sp³-hybridized carbons (Fsp3) is 0.0741. The summed E-state index contributed by atoms with van der Waals surface area (Å²) in [4.78, 5) is 13.0. The smallest absolute Gasteiger partial charge is 0.242 e. The van der Waals surface area contributed by atoms with Crippen LogP contribution in [0.4, 0.5) is 10.1 Å². The molecule has 4 aromatic carbocycles. The van der Waals surface area contributed by atoms with E-state index < -0.39 is 27.8 Å². The molecular formula is C27H23FN2O4S. The molecule has 6 nitrogen and oxygen atoms in total. The molecule has 4 rings (SSSR count). The van der Waals surface area contributed by atoms with Gasteiger partial charge in [0.2, 0.25) is 15.9 Å². The summed E-state index contributed by atoms with van der Waals surface area (Å²) in [5.41, 5.74) is 1.26. The molecular weight excluding hydrogens is 467 g/mol. The van der Waals surface area contributed by atoms with Crippen molar-refractivity contribution in [2.45, 2.75) is 17.4 Å². The summed E-state index contributed by atoms with van der Waals surface area (Å²) in [6, 6.07) is 28.4. The summed E-state index contributed by atoms with van der Waals surface area (Å²) >= 11 is 0. The Labute approximate surface area is 203 Å². The molecule has 0 radical (unpaired) electrons. The number of ether oxygens (including phenoxy) is 1. The van der Waals surface area contributed by atoms with Gasteiger partial charge in [0.15, 0.2) is 0 Å². The van der Waals surface area contributed by atoms with E-state index in [4.69, 9.17) is 4.74 Å². The van der Waals surface area contributed by atoms with Gasteiger partial charge in [0.25, 0.3) is 0 Å². The van der Waals surface area contributed by atoms with Crippen molar-refractivity contribution in [3.63, 3.8) is 0 Å². The maximum Gasteiger partial charge on any atom is 0.242 e. The van der Waals surface area contributed by atoms with Gasteiger partial charge in [0, 0.05) is 5.69 Å². The Morgan fingerprint density at radius 3 is 1.97 bits per heavy atom. The third kappa shape index (κ3) is 6.75. The van der Waals surface area contributed by atoms with Crippen molar-refractivity contribution < 1.29 is 22.3 Å². The predicted molar refractivity (Wildman–Crippen MR) is 132 cm³/mol. The number of benzene rings is 4. The maximum absolute atomic E-state index is 13.3. The van der Waals surface area contributed by atoms with Crippen molar-refractivity contribution in [3.05, 3.63) is 121 Å². The number of carbonyl (C=O) groups is 1. The Morgan fingerprint density at radius 1 is 0.771 bits per heavy atom. The van der Waals surface area contributed by atoms with Gasteiger partial charge in [0.05, 0.1) is 4.90 Å². The molecule has 4 aromatic rings. The van der Waals surface area contributed by atoms with Crippen molar-refractivity contribution >= 4 is 21.6 Å². The van der Waals surface area contributed by atoms with Crippen molar-refractivity contribution in [2.75, 3.05) is 5.32 Å². The summed E-state index contributed by atoms with van der Waals surface area (Å²) in [7, 11) is -4.07. The molecule has 0 aliphatic rings. The number of anilines is 1. The van der Waals surface area contributed by atoms with Gasteiger partial charge in [-0.15, -0.1) is 0 Å². The number of amides is 1. The molecule has 0 unspecified atom stereocenters. The van der Waals surface area contributed by atoms with Crippen LogP contribution in [-0.2, 0) is 21.2 Å². The maximum atomic E-state index is 13.3. The third-order valence-corrected chi connectivity index (χ3v) is 6.61. The number of carbonyl (C=O) groups excluding carboxylic acids is 1. The minimum atomic E-state index is -4.07. The highest BCUT2D eigenvalue weighted by atomic mass is 32.2. The van der Waals surface area contributed by atoms with E-state index in [1.54, 1.807) is 24.3 Å². The van der Waals surface area contributed by atoms with Gasteiger partial charge in [0.1, 0.15) is 23.4 Å². The van der Waals surface area contributed by atoms with E-state index in [0.29, 0.717) is 17.2 Å². The lowest BCUT2D eigenvalue weighted by Crippen LogP contribution is -2.45. The van der Waals surface area contributed by atoms with Gasteiger partial charge < -0.3 is 10.1 Å².